The third-order valence-electron chi connectivity index (χ3n) is 3.06. The molecule has 100 valence electrons. The molecule has 0 fully saturated rings. The molecule has 0 heterocycles. The highest BCUT2D eigenvalue weighted by atomic mass is 19.1. The summed E-state index contributed by atoms with van der Waals surface area (Å²) in [7, 11) is 0. The van der Waals surface area contributed by atoms with E-state index < -0.39 is 0 Å². The van der Waals surface area contributed by atoms with E-state index in [1.807, 2.05) is 0 Å². The van der Waals surface area contributed by atoms with Gasteiger partial charge in [0.2, 0.25) is 0 Å². The zero-order chi connectivity index (χ0) is 13.5. The molecular formula is C17H19FO. The Balaban J connectivity index is 1.87. The fourth-order valence-corrected chi connectivity index (χ4v) is 1.88. The van der Waals surface area contributed by atoms with Crippen molar-refractivity contribution in [3.63, 3.8) is 0 Å². The van der Waals surface area contributed by atoms with Crippen LogP contribution in [0.15, 0.2) is 48.5 Å². The fourth-order valence-electron chi connectivity index (χ4n) is 1.88. The van der Waals surface area contributed by atoms with Crippen molar-refractivity contribution in [1.29, 1.82) is 0 Å². The van der Waals surface area contributed by atoms with Gasteiger partial charge in [-0.3, -0.25) is 0 Å². The highest BCUT2D eigenvalue weighted by Crippen LogP contribution is 2.14. The Kier molecular flexibility index (Phi) is 4.96. The van der Waals surface area contributed by atoms with E-state index in [0.717, 1.165) is 12.0 Å². The highest BCUT2D eigenvalue weighted by molar-refractivity contribution is 5.25. The van der Waals surface area contributed by atoms with Crippen molar-refractivity contribution in [2.75, 3.05) is 0 Å². The van der Waals surface area contributed by atoms with Gasteiger partial charge in [-0.25, -0.2) is 4.39 Å². The van der Waals surface area contributed by atoms with Gasteiger partial charge in [-0.1, -0.05) is 37.6 Å². The molecule has 0 saturated carbocycles. The Hall–Kier alpha value is -1.83. The van der Waals surface area contributed by atoms with Crippen LogP contribution in [0, 0.1) is 5.82 Å². The summed E-state index contributed by atoms with van der Waals surface area (Å²) < 4.78 is 18.3. The Morgan fingerprint density at radius 3 is 2.16 bits per heavy atom. The predicted octanol–water partition coefficient (Wildman–Crippen LogP) is 4.75. The molecule has 0 aliphatic heterocycles. The van der Waals surface area contributed by atoms with Crippen LogP contribution in [0.2, 0.25) is 0 Å². The minimum Gasteiger partial charge on any atom is -0.489 e. The molecule has 0 N–H and O–H groups in total. The lowest BCUT2D eigenvalue weighted by atomic mass is 10.1. The molecule has 0 aromatic heterocycles. The minimum atomic E-state index is -0.243. The van der Waals surface area contributed by atoms with Crippen LogP contribution in [0.3, 0.4) is 0 Å². The average Bonchev–Trinajstić information content (AvgIpc) is 2.46. The predicted molar refractivity (Wildman–Crippen MR) is 75.8 cm³/mol. The molecule has 0 aliphatic rings. The van der Waals surface area contributed by atoms with Gasteiger partial charge in [-0.15, -0.1) is 0 Å². The number of halogens is 1. The standard InChI is InChI=1S/C17H19FO/c1-2-3-4-14-5-7-15(8-6-14)13-19-17-11-9-16(18)10-12-17/h5-12H,2-4,13H2,1H3. The number of hydrogen-bond donors (Lipinski definition) is 0. The van der Waals surface area contributed by atoms with E-state index in [4.69, 9.17) is 4.74 Å². The Bertz CT molecular complexity index is 488. The maximum atomic E-state index is 12.7. The van der Waals surface area contributed by atoms with Crippen LogP contribution in [0.5, 0.6) is 5.75 Å². The van der Waals surface area contributed by atoms with Crippen molar-refractivity contribution in [1.82, 2.24) is 0 Å². The lowest BCUT2D eigenvalue weighted by Gasteiger charge is -2.07. The van der Waals surface area contributed by atoms with Crippen molar-refractivity contribution in [2.45, 2.75) is 32.8 Å². The van der Waals surface area contributed by atoms with Gasteiger partial charge in [0.1, 0.15) is 18.2 Å². The van der Waals surface area contributed by atoms with Crippen molar-refractivity contribution >= 4 is 0 Å². The summed E-state index contributed by atoms with van der Waals surface area (Å²) in [6.45, 7) is 2.71. The van der Waals surface area contributed by atoms with Crippen LogP contribution in [0.4, 0.5) is 4.39 Å². The monoisotopic (exact) mass is 258 g/mol. The molecule has 2 aromatic carbocycles. The van der Waals surface area contributed by atoms with Gasteiger partial charge in [0.25, 0.3) is 0 Å². The summed E-state index contributed by atoms with van der Waals surface area (Å²) in [6.07, 6.45) is 3.58. The highest BCUT2D eigenvalue weighted by Gasteiger charge is 1.98. The molecule has 1 nitrogen and oxygen atoms in total. The average molecular weight is 258 g/mol. The molecule has 0 aliphatic carbocycles. The lowest BCUT2D eigenvalue weighted by Crippen LogP contribution is -1.96. The first kappa shape index (κ1) is 13.6. The molecule has 0 atom stereocenters. The number of rotatable bonds is 6. The summed E-state index contributed by atoms with van der Waals surface area (Å²) in [6, 6.07) is 14.6. The first-order valence-corrected chi connectivity index (χ1v) is 6.74. The van der Waals surface area contributed by atoms with Crippen LogP contribution in [0.1, 0.15) is 30.9 Å². The zero-order valence-corrected chi connectivity index (χ0v) is 11.2. The SMILES string of the molecule is CCCCc1ccc(COc2ccc(F)cc2)cc1. The third kappa shape index (κ3) is 4.40. The number of ether oxygens (including phenoxy) is 1. The smallest absolute Gasteiger partial charge is 0.123 e. The molecule has 0 bridgehead atoms. The van der Waals surface area contributed by atoms with Crippen LogP contribution in [-0.4, -0.2) is 0 Å². The topological polar surface area (TPSA) is 9.23 Å². The summed E-state index contributed by atoms with van der Waals surface area (Å²) in [4.78, 5) is 0. The minimum absolute atomic E-state index is 0.243. The van der Waals surface area contributed by atoms with Crippen LogP contribution in [0.25, 0.3) is 0 Å². The Morgan fingerprint density at radius 2 is 1.53 bits per heavy atom. The van der Waals surface area contributed by atoms with Gasteiger partial charge in [-0.2, -0.15) is 0 Å². The van der Waals surface area contributed by atoms with Gasteiger partial charge < -0.3 is 4.74 Å². The summed E-state index contributed by atoms with van der Waals surface area (Å²) >= 11 is 0. The van der Waals surface area contributed by atoms with E-state index in [9.17, 15) is 4.39 Å². The first-order valence-electron chi connectivity index (χ1n) is 6.74. The van der Waals surface area contributed by atoms with E-state index in [1.54, 1.807) is 12.1 Å². The second-order valence-corrected chi connectivity index (χ2v) is 4.66. The zero-order valence-electron chi connectivity index (χ0n) is 11.2. The lowest BCUT2D eigenvalue weighted by molar-refractivity contribution is 0.305. The number of benzene rings is 2. The first-order chi connectivity index (χ1) is 9.28. The molecule has 2 aromatic rings. The summed E-state index contributed by atoms with van der Waals surface area (Å²) in [5.41, 5.74) is 2.50. The number of hydrogen-bond acceptors (Lipinski definition) is 1. The van der Waals surface area contributed by atoms with Crippen molar-refractivity contribution in [3.8, 4) is 5.75 Å². The maximum Gasteiger partial charge on any atom is 0.123 e. The van der Waals surface area contributed by atoms with Crippen molar-refractivity contribution in [2.24, 2.45) is 0 Å². The number of unbranched alkanes of at least 4 members (excludes halogenated alkanes) is 1. The van der Waals surface area contributed by atoms with Crippen LogP contribution < -0.4 is 4.74 Å². The summed E-state index contributed by atoms with van der Waals surface area (Å²) in [5, 5.41) is 0. The quantitative estimate of drug-likeness (QED) is 0.726. The van der Waals surface area contributed by atoms with E-state index in [-0.39, 0.29) is 5.82 Å². The normalized spacial score (nSPS) is 10.4. The second-order valence-electron chi connectivity index (χ2n) is 4.66. The largest absolute Gasteiger partial charge is 0.489 e. The third-order valence-corrected chi connectivity index (χ3v) is 3.06. The van der Waals surface area contributed by atoms with E-state index >= 15 is 0 Å². The van der Waals surface area contributed by atoms with Crippen LogP contribution in [-0.2, 0) is 13.0 Å². The maximum absolute atomic E-state index is 12.7. The van der Waals surface area contributed by atoms with Gasteiger partial charge in [0.15, 0.2) is 0 Å². The molecular weight excluding hydrogens is 239 g/mol. The van der Waals surface area contributed by atoms with Crippen LogP contribution >= 0.6 is 0 Å². The molecule has 0 unspecified atom stereocenters. The summed E-state index contributed by atoms with van der Waals surface area (Å²) in [5.74, 6) is 0.448. The van der Waals surface area contributed by atoms with Gasteiger partial charge in [0.05, 0.1) is 0 Å². The number of aryl methyl sites for hydroxylation is 1. The van der Waals surface area contributed by atoms with E-state index in [0.29, 0.717) is 12.4 Å². The molecule has 0 saturated heterocycles. The molecule has 0 spiro atoms. The van der Waals surface area contributed by atoms with Gasteiger partial charge >= 0.3 is 0 Å². The van der Waals surface area contributed by atoms with Crippen molar-refractivity contribution in [3.05, 3.63) is 65.5 Å². The van der Waals surface area contributed by atoms with Crippen molar-refractivity contribution < 1.29 is 9.13 Å². The fraction of sp³-hybridized carbons (Fsp3) is 0.294. The molecule has 2 heteroatoms. The molecule has 2 rings (SSSR count). The van der Waals surface area contributed by atoms with Gasteiger partial charge in [-0.05, 0) is 48.2 Å². The molecule has 19 heavy (non-hydrogen) atoms. The molecule has 0 radical (unpaired) electrons. The second kappa shape index (κ2) is 6.93. The van der Waals surface area contributed by atoms with E-state index in [2.05, 4.69) is 31.2 Å². The molecule has 0 amide bonds. The van der Waals surface area contributed by atoms with E-state index in [1.165, 1.54) is 30.5 Å². The Labute approximate surface area is 114 Å². The van der Waals surface area contributed by atoms with Gasteiger partial charge in [0, 0.05) is 0 Å². The Morgan fingerprint density at radius 1 is 0.895 bits per heavy atom.